The largest absolute Gasteiger partial charge is 0.380 e. The highest BCUT2D eigenvalue weighted by molar-refractivity contribution is 5.12. The van der Waals surface area contributed by atoms with Crippen LogP contribution >= 0.6 is 0 Å². The predicted molar refractivity (Wildman–Crippen MR) is 70.2 cm³/mol. The Bertz CT molecular complexity index is 335. The molecule has 0 saturated heterocycles. The quantitative estimate of drug-likeness (QED) is 0.784. The lowest BCUT2D eigenvalue weighted by atomic mass is 10.1. The molecule has 0 aromatic carbocycles. The lowest BCUT2D eigenvalue weighted by Gasteiger charge is -2.23. The molecule has 1 aromatic rings. The van der Waals surface area contributed by atoms with E-state index < -0.39 is 0 Å². The summed E-state index contributed by atoms with van der Waals surface area (Å²) in [6, 6.07) is 2.53. The molecule has 0 radical (unpaired) electrons. The Kier molecular flexibility index (Phi) is 5.65. The van der Waals surface area contributed by atoms with Crippen molar-refractivity contribution in [2.75, 3.05) is 13.7 Å². The molecule has 1 aromatic heterocycles. The summed E-state index contributed by atoms with van der Waals surface area (Å²) in [4.78, 5) is 0. The summed E-state index contributed by atoms with van der Waals surface area (Å²) in [6.45, 7) is 7.31. The predicted octanol–water partition coefficient (Wildman–Crippen LogP) is 1.54. The van der Waals surface area contributed by atoms with Crippen LogP contribution in [0, 0.1) is 0 Å². The fourth-order valence-corrected chi connectivity index (χ4v) is 1.99. The fraction of sp³-hybridized carbons (Fsp3) is 0.769. The van der Waals surface area contributed by atoms with Crippen molar-refractivity contribution in [3.05, 3.63) is 17.5 Å². The van der Waals surface area contributed by atoms with Gasteiger partial charge in [0.05, 0.1) is 11.8 Å². The van der Waals surface area contributed by atoms with Crippen LogP contribution in [-0.4, -0.2) is 35.6 Å². The van der Waals surface area contributed by atoms with Crippen LogP contribution in [0.3, 0.4) is 0 Å². The van der Waals surface area contributed by atoms with E-state index in [4.69, 9.17) is 4.74 Å². The number of nitrogens with zero attached hydrogens (tertiary/aromatic N) is 2. The molecule has 1 heterocycles. The van der Waals surface area contributed by atoms with Crippen LogP contribution < -0.4 is 5.32 Å². The Balaban J connectivity index is 2.74. The van der Waals surface area contributed by atoms with E-state index in [-0.39, 0.29) is 6.10 Å². The van der Waals surface area contributed by atoms with Crippen molar-refractivity contribution in [2.45, 2.75) is 45.8 Å². The molecule has 4 heteroatoms. The first-order valence-electron chi connectivity index (χ1n) is 6.40. The van der Waals surface area contributed by atoms with Gasteiger partial charge in [0, 0.05) is 32.3 Å². The molecule has 2 unspecified atom stereocenters. The molecule has 0 saturated carbocycles. The van der Waals surface area contributed by atoms with Crippen molar-refractivity contribution >= 4 is 0 Å². The van der Waals surface area contributed by atoms with Crippen molar-refractivity contribution < 1.29 is 4.74 Å². The molecule has 4 nitrogen and oxygen atoms in total. The maximum atomic E-state index is 5.42. The molecule has 2 atom stereocenters. The number of hydrogen-bond donors (Lipinski definition) is 1. The standard InChI is InChI=1S/C13H25N3O/c1-6-11-8-12(16(4)15-11)9-13(14-7-2)10(3)17-5/h8,10,13-14H,6-7,9H2,1-5H3. The minimum atomic E-state index is 0.204. The van der Waals surface area contributed by atoms with E-state index in [0.717, 1.165) is 25.1 Å². The summed E-state index contributed by atoms with van der Waals surface area (Å²) < 4.78 is 7.40. The number of aromatic nitrogens is 2. The number of likely N-dealkylation sites (N-methyl/N-ethyl adjacent to an activating group) is 1. The van der Waals surface area contributed by atoms with E-state index in [1.807, 2.05) is 11.7 Å². The zero-order valence-corrected chi connectivity index (χ0v) is 11.7. The Hall–Kier alpha value is -0.870. The van der Waals surface area contributed by atoms with Crippen LogP contribution in [-0.2, 0) is 24.6 Å². The van der Waals surface area contributed by atoms with E-state index >= 15 is 0 Å². The second-order valence-electron chi connectivity index (χ2n) is 4.41. The molecule has 0 bridgehead atoms. The topological polar surface area (TPSA) is 39.1 Å². The van der Waals surface area contributed by atoms with E-state index in [1.54, 1.807) is 7.11 Å². The van der Waals surface area contributed by atoms with Gasteiger partial charge in [0.15, 0.2) is 0 Å². The first-order chi connectivity index (χ1) is 8.12. The molecule has 1 rings (SSSR count). The molecule has 0 amide bonds. The third kappa shape index (κ3) is 3.82. The van der Waals surface area contributed by atoms with Crippen molar-refractivity contribution in [1.29, 1.82) is 0 Å². The van der Waals surface area contributed by atoms with Gasteiger partial charge >= 0.3 is 0 Å². The Morgan fingerprint density at radius 1 is 1.47 bits per heavy atom. The second-order valence-corrected chi connectivity index (χ2v) is 4.41. The van der Waals surface area contributed by atoms with Crippen molar-refractivity contribution in [1.82, 2.24) is 15.1 Å². The van der Waals surface area contributed by atoms with Gasteiger partial charge in [0.25, 0.3) is 0 Å². The molecule has 17 heavy (non-hydrogen) atoms. The summed E-state index contributed by atoms with van der Waals surface area (Å²) >= 11 is 0. The summed E-state index contributed by atoms with van der Waals surface area (Å²) in [7, 11) is 3.77. The SMILES string of the molecule is CCNC(Cc1cc(CC)nn1C)C(C)OC. The average molecular weight is 239 g/mol. The van der Waals surface area contributed by atoms with Gasteiger partial charge in [-0.3, -0.25) is 4.68 Å². The van der Waals surface area contributed by atoms with Crippen LogP contribution in [0.5, 0.6) is 0 Å². The monoisotopic (exact) mass is 239 g/mol. The minimum absolute atomic E-state index is 0.204. The van der Waals surface area contributed by atoms with Gasteiger partial charge in [-0.05, 0) is 26.0 Å². The number of ether oxygens (including phenoxy) is 1. The first kappa shape index (κ1) is 14.2. The number of methoxy groups -OCH3 is 1. The Morgan fingerprint density at radius 3 is 2.65 bits per heavy atom. The summed E-state index contributed by atoms with van der Waals surface area (Å²) in [6.07, 6.45) is 2.14. The molecule has 0 aliphatic heterocycles. The first-order valence-corrected chi connectivity index (χ1v) is 6.40. The maximum absolute atomic E-state index is 5.42. The molecule has 98 valence electrons. The summed E-state index contributed by atoms with van der Waals surface area (Å²) in [5.41, 5.74) is 2.42. The van der Waals surface area contributed by atoms with Crippen molar-refractivity contribution in [3.8, 4) is 0 Å². The Morgan fingerprint density at radius 2 is 2.18 bits per heavy atom. The zero-order chi connectivity index (χ0) is 12.8. The number of rotatable bonds is 7. The number of aryl methyl sites for hydroxylation is 2. The highest BCUT2D eigenvalue weighted by atomic mass is 16.5. The number of nitrogens with one attached hydrogen (secondary N) is 1. The zero-order valence-electron chi connectivity index (χ0n) is 11.7. The van der Waals surface area contributed by atoms with E-state index in [0.29, 0.717) is 6.04 Å². The number of hydrogen-bond acceptors (Lipinski definition) is 3. The van der Waals surface area contributed by atoms with Gasteiger partial charge in [-0.25, -0.2) is 0 Å². The minimum Gasteiger partial charge on any atom is -0.380 e. The van der Waals surface area contributed by atoms with Crippen molar-refractivity contribution in [3.63, 3.8) is 0 Å². The van der Waals surface area contributed by atoms with E-state index in [1.165, 1.54) is 5.69 Å². The second kappa shape index (κ2) is 6.77. The van der Waals surface area contributed by atoms with Gasteiger partial charge in [0.1, 0.15) is 0 Å². The van der Waals surface area contributed by atoms with Gasteiger partial charge in [-0.2, -0.15) is 5.10 Å². The third-order valence-corrected chi connectivity index (χ3v) is 3.22. The van der Waals surface area contributed by atoms with Crippen LogP contribution in [0.2, 0.25) is 0 Å². The lowest BCUT2D eigenvalue weighted by molar-refractivity contribution is 0.0830. The average Bonchev–Trinajstić information content (AvgIpc) is 2.68. The third-order valence-electron chi connectivity index (χ3n) is 3.22. The fourth-order valence-electron chi connectivity index (χ4n) is 1.99. The Labute approximate surface area is 104 Å². The van der Waals surface area contributed by atoms with Gasteiger partial charge in [-0.1, -0.05) is 13.8 Å². The molecular weight excluding hydrogens is 214 g/mol. The molecular formula is C13H25N3O. The normalized spacial score (nSPS) is 14.9. The molecule has 0 aliphatic carbocycles. The maximum Gasteiger partial charge on any atom is 0.0699 e. The van der Waals surface area contributed by atoms with Crippen LogP contribution in [0.15, 0.2) is 6.07 Å². The van der Waals surface area contributed by atoms with Crippen molar-refractivity contribution in [2.24, 2.45) is 7.05 Å². The van der Waals surface area contributed by atoms with Gasteiger partial charge < -0.3 is 10.1 Å². The summed E-state index contributed by atoms with van der Waals surface area (Å²) in [5, 5.41) is 7.95. The summed E-state index contributed by atoms with van der Waals surface area (Å²) in [5.74, 6) is 0. The molecule has 0 spiro atoms. The van der Waals surface area contributed by atoms with E-state index in [9.17, 15) is 0 Å². The smallest absolute Gasteiger partial charge is 0.0699 e. The van der Waals surface area contributed by atoms with Crippen LogP contribution in [0.25, 0.3) is 0 Å². The van der Waals surface area contributed by atoms with Crippen LogP contribution in [0.1, 0.15) is 32.2 Å². The molecule has 0 aliphatic rings. The van der Waals surface area contributed by atoms with Gasteiger partial charge in [-0.15, -0.1) is 0 Å². The lowest BCUT2D eigenvalue weighted by Crippen LogP contribution is -2.41. The molecule has 0 fully saturated rings. The van der Waals surface area contributed by atoms with Crippen LogP contribution in [0.4, 0.5) is 0 Å². The highest BCUT2D eigenvalue weighted by Gasteiger charge is 2.18. The van der Waals surface area contributed by atoms with E-state index in [2.05, 4.69) is 37.3 Å². The molecule has 1 N–H and O–H groups in total. The highest BCUT2D eigenvalue weighted by Crippen LogP contribution is 2.10. The van der Waals surface area contributed by atoms with Gasteiger partial charge in [0.2, 0.25) is 0 Å².